The number of esters is 1. The Bertz CT molecular complexity index is 581. The molecule has 0 aliphatic carbocycles. The summed E-state index contributed by atoms with van der Waals surface area (Å²) in [6.07, 6.45) is 2.66. The number of pyridine rings is 1. The summed E-state index contributed by atoms with van der Waals surface area (Å²) in [5, 5.41) is 0. The summed E-state index contributed by atoms with van der Waals surface area (Å²) >= 11 is 0. The number of piperazine rings is 1. The van der Waals surface area contributed by atoms with Gasteiger partial charge in [0, 0.05) is 50.2 Å². The van der Waals surface area contributed by atoms with Crippen LogP contribution < -0.4 is 0 Å². The molecule has 0 aromatic carbocycles. The molecule has 0 saturated carbocycles. The molecule has 1 fully saturated rings. The van der Waals surface area contributed by atoms with Crippen LogP contribution in [-0.2, 0) is 16.0 Å². The van der Waals surface area contributed by atoms with E-state index in [1.807, 2.05) is 0 Å². The van der Waals surface area contributed by atoms with Crippen molar-refractivity contribution < 1.29 is 9.53 Å². The number of hydrogen-bond acceptors (Lipinski definition) is 5. The van der Waals surface area contributed by atoms with Crippen LogP contribution in [0.5, 0.6) is 0 Å². The number of methoxy groups -OCH3 is 1. The Kier molecular flexibility index (Phi) is 8.04. The first-order valence-corrected chi connectivity index (χ1v) is 9.89. The third-order valence-electron chi connectivity index (χ3n) is 5.40. The van der Waals surface area contributed by atoms with Crippen molar-refractivity contribution in [3.8, 4) is 0 Å². The maximum atomic E-state index is 11.3. The lowest BCUT2D eigenvalue weighted by Gasteiger charge is -2.38. The molecule has 0 radical (unpaired) electrons. The Balaban J connectivity index is 1.77. The van der Waals surface area contributed by atoms with E-state index in [0.29, 0.717) is 18.4 Å². The molecule has 146 valence electrons. The van der Waals surface area contributed by atoms with Crippen LogP contribution in [0.2, 0.25) is 0 Å². The highest BCUT2D eigenvalue weighted by Crippen LogP contribution is 2.18. The first-order chi connectivity index (χ1) is 12.4. The molecule has 1 aromatic rings. The summed E-state index contributed by atoms with van der Waals surface area (Å²) in [6, 6.07) is 5.03. The summed E-state index contributed by atoms with van der Waals surface area (Å²) < 4.78 is 4.72. The van der Waals surface area contributed by atoms with E-state index >= 15 is 0 Å². The van der Waals surface area contributed by atoms with Crippen molar-refractivity contribution in [1.29, 1.82) is 0 Å². The van der Waals surface area contributed by atoms with Crippen molar-refractivity contribution in [2.45, 2.75) is 58.9 Å². The van der Waals surface area contributed by atoms with Crippen molar-refractivity contribution in [3.05, 3.63) is 29.1 Å². The quantitative estimate of drug-likeness (QED) is 0.666. The van der Waals surface area contributed by atoms with Crippen LogP contribution in [0.15, 0.2) is 12.1 Å². The number of nitrogens with zero attached hydrogens (tertiary/aromatic N) is 3. The van der Waals surface area contributed by atoms with Gasteiger partial charge in [-0.15, -0.1) is 0 Å². The molecule has 5 heteroatoms. The second-order valence-electron chi connectivity index (χ2n) is 7.78. The van der Waals surface area contributed by atoms with Crippen LogP contribution >= 0.6 is 0 Å². The van der Waals surface area contributed by atoms with E-state index in [0.717, 1.165) is 51.3 Å². The van der Waals surface area contributed by atoms with Gasteiger partial charge in [-0.05, 0) is 50.3 Å². The first kappa shape index (κ1) is 20.8. The fourth-order valence-corrected chi connectivity index (χ4v) is 3.55. The zero-order valence-corrected chi connectivity index (χ0v) is 17.1. The highest BCUT2D eigenvalue weighted by molar-refractivity contribution is 5.69. The molecule has 1 aromatic heterocycles. The van der Waals surface area contributed by atoms with Gasteiger partial charge in [0.1, 0.15) is 0 Å². The van der Waals surface area contributed by atoms with Gasteiger partial charge in [0.2, 0.25) is 0 Å². The van der Waals surface area contributed by atoms with E-state index < -0.39 is 0 Å². The molecule has 26 heavy (non-hydrogen) atoms. The normalized spacial score (nSPS) is 17.5. The summed E-state index contributed by atoms with van der Waals surface area (Å²) in [4.78, 5) is 20.9. The maximum absolute atomic E-state index is 11.3. The number of carbonyl (C=O) groups excluding carboxylic acids is 1. The molecule has 0 N–H and O–H groups in total. The molecule has 5 nitrogen and oxygen atoms in total. The Labute approximate surface area is 158 Å². The van der Waals surface area contributed by atoms with Crippen LogP contribution in [0.1, 0.15) is 56.5 Å². The van der Waals surface area contributed by atoms with E-state index in [2.05, 4.69) is 49.6 Å². The third kappa shape index (κ3) is 6.36. The Morgan fingerprint density at radius 2 is 1.88 bits per heavy atom. The predicted octanol–water partition coefficient (Wildman–Crippen LogP) is 3.02. The second-order valence-corrected chi connectivity index (χ2v) is 7.78. The number of aromatic nitrogens is 1. The SMILES string of the molecule is COC(=O)CCN1CCN(C(C)CCc2cc(C(C)C)cc(C)n2)CC1. The van der Waals surface area contributed by atoms with Gasteiger partial charge >= 0.3 is 5.97 Å². The highest BCUT2D eigenvalue weighted by atomic mass is 16.5. The largest absolute Gasteiger partial charge is 0.469 e. The van der Waals surface area contributed by atoms with Gasteiger partial charge < -0.3 is 9.64 Å². The molecule has 1 aliphatic heterocycles. The van der Waals surface area contributed by atoms with Gasteiger partial charge in [-0.25, -0.2) is 0 Å². The average Bonchev–Trinajstić information content (AvgIpc) is 2.64. The monoisotopic (exact) mass is 361 g/mol. The fourth-order valence-electron chi connectivity index (χ4n) is 3.55. The molecule has 1 saturated heterocycles. The minimum absolute atomic E-state index is 0.118. The van der Waals surface area contributed by atoms with Crippen LogP contribution in [0.25, 0.3) is 0 Å². The van der Waals surface area contributed by atoms with E-state index in [9.17, 15) is 4.79 Å². The van der Waals surface area contributed by atoms with Crippen molar-refractivity contribution in [2.24, 2.45) is 0 Å². The molecule has 1 atom stereocenters. The maximum Gasteiger partial charge on any atom is 0.306 e. The number of carbonyl (C=O) groups is 1. The lowest BCUT2D eigenvalue weighted by atomic mass is 10.0. The molecule has 0 amide bonds. The lowest BCUT2D eigenvalue weighted by Crippen LogP contribution is -2.50. The van der Waals surface area contributed by atoms with E-state index in [1.165, 1.54) is 18.4 Å². The van der Waals surface area contributed by atoms with Crippen LogP contribution in [-0.4, -0.2) is 66.6 Å². The topological polar surface area (TPSA) is 45.7 Å². The van der Waals surface area contributed by atoms with Gasteiger partial charge in [-0.2, -0.15) is 0 Å². The Morgan fingerprint density at radius 3 is 2.50 bits per heavy atom. The molecule has 2 heterocycles. The number of rotatable bonds is 8. The summed E-state index contributed by atoms with van der Waals surface area (Å²) in [5.74, 6) is 0.429. The summed E-state index contributed by atoms with van der Waals surface area (Å²) in [5.41, 5.74) is 3.73. The fraction of sp³-hybridized carbons (Fsp3) is 0.714. The van der Waals surface area contributed by atoms with Crippen molar-refractivity contribution in [3.63, 3.8) is 0 Å². The van der Waals surface area contributed by atoms with Crippen molar-refractivity contribution >= 4 is 5.97 Å². The van der Waals surface area contributed by atoms with Crippen LogP contribution in [0.3, 0.4) is 0 Å². The zero-order chi connectivity index (χ0) is 19.1. The lowest BCUT2D eigenvalue weighted by molar-refractivity contribution is -0.141. The zero-order valence-electron chi connectivity index (χ0n) is 17.1. The second kappa shape index (κ2) is 10.0. The van der Waals surface area contributed by atoms with E-state index in [4.69, 9.17) is 9.72 Å². The van der Waals surface area contributed by atoms with Crippen LogP contribution in [0.4, 0.5) is 0 Å². The first-order valence-electron chi connectivity index (χ1n) is 9.89. The molecule has 1 unspecified atom stereocenters. The van der Waals surface area contributed by atoms with Crippen molar-refractivity contribution in [2.75, 3.05) is 39.8 Å². The van der Waals surface area contributed by atoms with E-state index in [1.54, 1.807) is 0 Å². The smallest absolute Gasteiger partial charge is 0.306 e. The minimum Gasteiger partial charge on any atom is -0.469 e. The summed E-state index contributed by atoms with van der Waals surface area (Å²) in [7, 11) is 1.45. The average molecular weight is 362 g/mol. The molecule has 0 spiro atoms. The van der Waals surface area contributed by atoms with Gasteiger partial charge in [-0.3, -0.25) is 14.7 Å². The van der Waals surface area contributed by atoms with Gasteiger partial charge in [0.05, 0.1) is 13.5 Å². The molecule has 1 aliphatic rings. The molecular formula is C21H35N3O2. The van der Waals surface area contributed by atoms with Gasteiger partial charge in [0.25, 0.3) is 0 Å². The minimum atomic E-state index is -0.118. The van der Waals surface area contributed by atoms with Gasteiger partial charge in [0.15, 0.2) is 0 Å². The number of hydrogen-bond donors (Lipinski definition) is 0. The Morgan fingerprint density at radius 1 is 1.19 bits per heavy atom. The Hall–Kier alpha value is -1.46. The molecule has 2 rings (SSSR count). The van der Waals surface area contributed by atoms with Crippen molar-refractivity contribution in [1.82, 2.24) is 14.8 Å². The number of aryl methyl sites for hydroxylation is 2. The third-order valence-corrected chi connectivity index (χ3v) is 5.40. The van der Waals surface area contributed by atoms with Gasteiger partial charge in [-0.1, -0.05) is 13.8 Å². The van der Waals surface area contributed by atoms with E-state index in [-0.39, 0.29) is 5.97 Å². The standard InChI is InChI=1S/C21H35N3O2/c1-16(2)19-14-17(3)22-20(15-19)7-6-18(4)24-12-10-23(11-13-24)9-8-21(25)26-5/h14-16,18H,6-13H2,1-5H3. The predicted molar refractivity (Wildman–Crippen MR) is 105 cm³/mol. The van der Waals surface area contributed by atoms with Crippen LogP contribution in [0, 0.1) is 6.92 Å². The summed E-state index contributed by atoms with van der Waals surface area (Å²) in [6.45, 7) is 13.9. The molecule has 0 bridgehead atoms. The highest BCUT2D eigenvalue weighted by Gasteiger charge is 2.21. The number of ether oxygens (including phenoxy) is 1. The molecular weight excluding hydrogens is 326 g/mol.